The first kappa shape index (κ1) is 24.1. The van der Waals surface area contributed by atoms with E-state index in [0.717, 1.165) is 40.9 Å². The van der Waals surface area contributed by atoms with Crippen LogP contribution < -0.4 is 10.6 Å². The third kappa shape index (κ3) is 6.10. The zero-order valence-corrected chi connectivity index (χ0v) is 21.1. The van der Waals surface area contributed by atoms with Crippen molar-refractivity contribution in [2.24, 2.45) is 0 Å². The van der Waals surface area contributed by atoms with Crippen molar-refractivity contribution in [2.45, 2.75) is 53.0 Å². The maximum absolute atomic E-state index is 12.7. The van der Waals surface area contributed by atoms with Gasteiger partial charge in [0.15, 0.2) is 5.13 Å². The average Bonchev–Trinajstić information content (AvgIpc) is 3.54. The largest absolute Gasteiger partial charge is 0.324 e. The maximum Gasteiger partial charge on any atom is 0.238 e. The van der Waals surface area contributed by atoms with Crippen molar-refractivity contribution in [1.29, 1.82) is 0 Å². The Kier molecular flexibility index (Phi) is 7.44. The number of amides is 2. The van der Waals surface area contributed by atoms with Gasteiger partial charge in [-0.25, -0.2) is 4.98 Å². The standard InChI is InChI=1S/C27H32N4O2S/c1-17-8-9-21(14-20(17)4)23-16-34-27(28-23)30-24(32)12-13-31(22-10-11-22)15-25(33)29-26-18(2)6-5-7-19(26)3/h5-9,14,16,22H,10-13,15H2,1-4H3,(H,29,33)(H,28,30,32). The van der Waals surface area contributed by atoms with E-state index in [1.54, 1.807) is 0 Å². The molecule has 3 aromatic rings. The van der Waals surface area contributed by atoms with E-state index in [9.17, 15) is 9.59 Å². The first-order valence-corrected chi connectivity index (χ1v) is 12.6. The van der Waals surface area contributed by atoms with Gasteiger partial charge in [-0.1, -0.05) is 30.3 Å². The topological polar surface area (TPSA) is 74.3 Å². The number of thiazole rings is 1. The van der Waals surface area contributed by atoms with Crippen LogP contribution in [-0.2, 0) is 9.59 Å². The third-order valence-corrected chi connectivity index (χ3v) is 7.09. The van der Waals surface area contributed by atoms with Crippen LogP contribution in [0.2, 0.25) is 0 Å². The zero-order valence-electron chi connectivity index (χ0n) is 20.3. The van der Waals surface area contributed by atoms with Crippen LogP contribution in [-0.4, -0.2) is 40.8 Å². The van der Waals surface area contributed by atoms with Gasteiger partial charge in [-0.15, -0.1) is 11.3 Å². The molecule has 0 radical (unpaired) electrons. The molecule has 0 saturated heterocycles. The molecule has 0 spiro atoms. The highest BCUT2D eigenvalue weighted by Gasteiger charge is 2.30. The van der Waals surface area contributed by atoms with E-state index in [1.807, 2.05) is 37.4 Å². The lowest BCUT2D eigenvalue weighted by molar-refractivity contribution is -0.119. The normalized spacial score (nSPS) is 13.2. The SMILES string of the molecule is Cc1ccc(-c2csc(NC(=O)CCN(CC(=O)Nc3c(C)cccc3C)C3CC3)n2)cc1C. The smallest absolute Gasteiger partial charge is 0.238 e. The zero-order chi connectivity index (χ0) is 24.2. The molecule has 0 atom stereocenters. The van der Waals surface area contributed by atoms with Gasteiger partial charge < -0.3 is 10.6 Å². The van der Waals surface area contributed by atoms with Crippen LogP contribution in [0.5, 0.6) is 0 Å². The lowest BCUT2D eigenvalue weighted by atomic mass is 10.1. The second kappa shape index (κ2) is 10.5. The molecule has 6 nitrogen and oxygen atoms in total. The second-order valence-electron chi connectivity index (χ2n) is 9.15. The summed E-state index contributed by atoms with van der Waals surface area (Å²) in [6.07, 6.45) is 2.47. The number of para-hydroxylation sites is 1. The van der Waals surface area contributed by atoms with Crippen LogP contribution in [0, 0.1) is 27.7 Å². The summed E-state index contributed by atoms with van der Waals surface area (Å²) in [4.78, 5) is 32.0. The highest BCUT2D eigenvalue weighted by atomic mass is 32.1. The number of carbonyl (C=O) groups excluding carboxylic acids is 2. The Hall–Kier alpha value is -3.03. The Balaban J connectivity index is 1.30. The van der Waals surface area contributed by atoms with Crippen molar-refractivity contribution < 1.29 is 9.59 Å². The summed E-state index contributed by atoms with van der Waals surface area (Å²) in [6, 6.07) is 12.6. The predicted molar refractivity (Wildman–Crippen MR) is 139 cm³/mol. The van der Waals surface area contributed by atoms with Gasteiger partial charge in [-0.3, -0.25) is 14.5 Å². The quantitative estimate of drug-likeness (QED) is 0.429. The van der Waals surface area contributed by atoms with Crippen molar-refractivity contribution in [1.82, 2.24) is 9.88 Å². The first-order valence-electron chi connectivity index (χ1n) is 11.7. The highest BCUT2D eigenvalue weighted by Crippen LogP contribution is 2.28. The molecule has 2 N–H and O–H groups in total. The Morgan fingerprint density at radius 3 is 2.38 bits per heavy atom. The predicted octanol–water partition coefficient (Wildman–Crippen LogP) is 5.48. The molecule has 34 heavy (non-hydrogen) atoms. The number of anilines is 2. The molecule has 7 heteroatoms. The van der Waals surface area contributed by atoms with Crippen molar-refractivity contribution in [2.75, 3.05) is 23.7 Å². The summed E-state index contributed by atoms with van der Waals surface area (Å²) in [5.74, 6) is -0.121. The fourth-order valence-corrected chi connectivity index (χ4v) is 4.73. The van der Waals surface area contributed by atoms with Crippen LogP contribution in [0.25, 0.3) is 11.3 Å². The van der Waals surface area contributed by atoms with E-state index in [2.05, 4.69) is 52.6 Å². The van der Waals surface area contributed by atoms with E-state index in [0.29, 0.717) is 30.7 Å². The monoisotopic (exact) mass is 476 g/mol. The summed E-state index contributed by atoms with van der Waals surface area (Å²) in [5.41, 5.74) is 7.36. The highest BCUT2D eigenvalue weighted by molar-refractivity contribution is 7.14. The molecule has 1 heterocycles. The van der Waals surface area contributed by atoms with Crippen LogP contribution >= 0.6 is 11.3 Å². The summed E-state index contributed by atoms with van der Waals surface area (Å²) in [6.45, 7) is 9.00. The van der Waals surface area contributed by atoms with Gasteiger partial charge >= 0.3 is 0 Å². The molecule has 1 aliphatic carbocycles. The molecule has 178 valence electrons. The van der Waals surface area contributed by atoms with Crippen molar-refractivity contribution in [3.05, 3.63) is 64.0 Å². The van der Waals surface area contributed by atoms with E-state index in [-0.39, 0.29) is 11.8 Å². The van der Waals surface area contributed by atoms with Crippen LogP contribution in [0.15, 0.2) is 41.8 Å². The van der Waals surface area contributed by atoms with Gasteiger partial charge in [0, 0.05) is 35.6 Å². The number of nitrogens with zero attached hydrogens (tertiary/aromatic N) is 2. The number of rotatable bonds is 9. The number of aromatic nitrogens is 1. The van der Waals surface area contributed by atoms with E-state index < -0.39 is 0 Å². The van der Waals surface area contributed by atoms with E-state index in [1.165, 1.54) is 22.5 Å². The lowest BCUT2D eigenvalue weighted by Crippen LogP contribution is -2.37. The molecule has 1 aliphatic rings. The van der Waals surface area contributed by atoms with E-state index >= 15 is 0 Å². The molecule has 0 aliphatic heterocycles. The molecule has 4 rings (SSSR count). The lowest BCUT2D eigenvalue weighted by Gasteiger charge is -2.21. The van der Waals surface area contributed by atoms with Crippen LogP contribution in [0.4, 0.5) is 10.8 Å². The van der Waals surface area contributed by atoms with Gasteiger partial charge in [0.2, 0.25) is 11.8 Å². The Morgan fingerprint density at radius 2 is 1.71 bits per heavy atom. The molecule has 0 bridgehead atoms. The van der Waals surface area contributed by atoms with Gasteiger partial charge in [0.25, 0.3) is 0 Å². The fraction of sp³-hybridized carbons (Fsp3) is 0.370. The van der Waals surface area contributed by atoms with Gasteiger partial charge in [0.05, 0.1) is 12.2 Å². The maximum atomic E-state index is 12.7. The molecule has 1 saturated carbocycles. The summed E-state index contributed by atoms with van der Waals surface area (Å²) in [7, 11) is 0. The number of aryl methyl sites for hydroxylation is 4. The molecule has 2 amide bonds. The number of carbonyl (C=O) groups is 2. The van der Waals surface area contributed by atoms with Gasteiger partial charge in [-0.05, 0) is 68.9 Å². The summed E-state index contributed by atoms with van der Waals surface area (Å²) >= 11 is 1.43. The molecular weight excluding hydrogens is 444 g/mol. The Labute approximate surface area is 205 Å². The fourth-order valence-electron chi connectivity index (χ4n) is 4.00. The van der Waals surface area contributed by atoms with Crippen molar-refractivity contribution >= 4 is 34.0 Å². The first-order chi connectivity index (χ1) is 16.3. The Morgan fingerprint density at radius 1 is 0.971 bits per heavy atom. The minimum absolute atomic E-state index is 0.0392. The van der Waals surface area contributed by atoms with Gasteiger partial charge in [0.1, 0.15) is 0 Å². The molecule has 0 unspecified atom stereocenters. The third-order valence-electron chi connectivity index (χ3n) is 6.33. The molecular formula is C27H32N4O2S. The number of hydrogen-bond donors (Lipinski definition) is 2. The van der Waals surface area contributed by atoms with Crippen LogP contribution in [0.1, 0.15) is 41.5 Å². The summed E-state index contributed by atoms with van der Waals surface area (Å²) < 4.78 is 0. The number of nitrogens with one attached hydrogen (secondary N) is 2. The molecule has 2 aromatic carbocycles. The minimum Gasteiger partial charge on any atom is -0.324 e. The Bertz CT molecular complexity index is 1180. The number of hydrogen-bond acceptors (Lipinski definition) is 5. The van der Waals surface area contributed by atoms with E-state index in [4.69, 9.17) is 0 Å². The van der Waals surface area contributed by atoms with Crippen molar-refractivity contribution in [3.8, 4) is 11.3 Å². The van der Waals surface area contributed by atoms with Crippen LogP contribution in [0.3, 0.4) is 0 Å². The van der Waals surface area contributed by atoms with Gasteiger partial charge in [-0.2, -0.15) is 0 Å². The number of benzene rings is 2. The molecule has 1 aromatic heterocycles. The molecule has 1 fully saturated rings. The average molecular weight is 477 g/mol. The minimum atomic E-state index is -0.0817. The van der Waals surface area contributed by atoms with Crippen molar-refractivity contribution in [3.63, 3.8) is 0 Å². The second-order valence-corrected chi connectivity index (χ2v) is 10.0. The summed E-state index contributed by atoms with van der Waals surface area (Å²) in [5, 5.41) is 8.54.